The quantitative estimate of drug-likeness (QED) is 0.578. The van der Waals surface area contributed by atoms with Gasteiger partial charge in [0.05, 0.1) is 19.5 Å². The normalized spacial score (nSPS) is 12.0. The first kappa shape index (κ1) is 24.2. The number of rotatable bonds is 10. The molecule has 0 aliphatic carbocycles. The molecule has 2 amide bonds. The van der Waals surface area contributed by atoms with Crippen LogP contribution in [0.3, 0.4) is 0 Å². The fourth-order valence-corrected chi connectivity index (χ4v) is 3.54. The van der Waals surface area contributed by atoms with Crippen molar-refractivity contribution in [3.8, 4) is 11.5 Å². The molecule has 168 valence electrons. The van der Waals surface area contributed by atoms with Crippen LogP contribution in [0.5, 0.6) is 11.5 Å². The number of carbonyl (C=O) groups is 2. The van der Waals surface area contributed by atoms with E-state index in [4.69, 9.17) is 9.47 Å². The molecule has 2 aromatic carbocycles. The largest absolute Gasteiger partial charge is 0.493 e. The van der Waals surface area contributed by atoms with Gasteiger partial charge in [-0.3, -0.25) is 9.59 Å². The Morgan fingerprint density at radius 3 is 2.45 bits per heavy atom. The molecule has 0 spiro atoms. The average Bonchev–Trinajstić information content (AvgIpc) is 2.71. The molecule has 2 N–H and O–H groups in total. The number of benzene rings is 2. The van der Waals surface area contributed by atoms with Gasteiger partial charge in [-0.25, -0.2) is 8.42 Å². The molecule has 31 heavy (non-hydrogen) atoms. The van der Waals surface area contributed by atoms with E-state index in [2.05, 4.69) is 10.6 Å². The fraction of sp³-hybridized carbons (Fsp3) is 0.364. The number of amides is 2. The lowest BCUT2D eigenvalue weighted by molar-refractivity contribution is -0.118. The molecule has 0 bridgehead atoms. The van der Waals surface area contributed by atoms with Gasteiger partial charge in [0.1, 0.15) is 15.9 Å². The number of carbonyl (C=O) groups excluding carboxylic acids is 2. The van der Waals surface area contributed by atoms with Gasteiger partial charge >= 0.3 is 0 Å². The summed E-state index contributed by atoms with van der Waals surface area (Å²) in [5, 5.41) is 5.35. The van der Waals surface area contributed by atoms with Crippen LogP contribution < -0.4 is 20.1 Å². The van der Waals surface area contributed by atoms with Gasteiger partial charge in [0.25, 0.3) is 5.91 Å². The smallest absolute Gasteiger partial charge is 0.251 e. The molecule has 0 unspecified atom stereocenters. The third-order valence-electron chi connectivity index (χ3n) is 4.41. The van der Waals surface area contributed by atoms with E-state index in [0.717, 1.165) is 11.8 Å². The van der Waals surface area contributed by atoms with Crippen molar-refractivity contribution in [2.75, 3.05) is 31.0 Å². The number of hydrogen-bond donors (Lipinski definition) is 2. The van der Waals surface area contributed by atoms with Gasteiger partial charge in [0.15, 0.2) is 11.5 Å². The highest BCUT2D eigenvalue weighted by atomic mass is 32.2. The number of aryl methyl sites for hydroxylation is 1. The summed E-state index contributed by atoms with van der Waals surface area (Å²) in [6.45, 7) is 4.16. The van der Waals surface area contributed by atoms with Crippen LogP contribution >= 0.6 is 0 Å². The Morgan fingerprint density at radius 1 is 1.10 bits per heavy atom. The first-order chi connectivity index (χ1) is 14.6. The van der Waals surface area contributed by atoms with E-state index < -0.39 is 27.7 Å². The minimum absolute atomic E-state index is 0.0591. The summed E-state index contributed by atoms with van der Waals surface area (Å²) in [4.78, 5) is 25.5. The van der Waals surface area contributed by atoms with Crippen LogP contribution in [0, 0.1) is 6.92 Å². The molecule has 0 aromatic heterocycles. The van der Waals surface area contributed by atoms with Crippen LogP contribution in [0.4, 0.5) is 5.69 Å². The van der Waals surface area contributed by atoms with E-state index in [1.807, 2.05) is 19.9 Å². The van der Waals surface area contributed by atoms with Crippen molar-refractivity contribution >= 4 is 27.3 Å². The molecular weight excluding hydrogens is 420 g/mol. The van der Waals surface area contributed by atoms with Gasteiger partial charge in [0, 0.05) is 23.6 Å². The van der Waals surface area contributed by atoms with Crippen molar-refractivity contribution in [3.05, 3.63) is 53.6 Å². The summed E-state index contributed by atoms with van der Waals surface area (Å²) in [5.74, 6) is -0.260. The fourth-order valence-electron chi connectivity index (χ4n) is 2.88. The van der Waals surface area contributed by atoms with E-state index in [9.17, 15) is 18.0 Å². The predicted molar refractivity (Wildman–Crippen MR) is 120 cm³/mol. The minimum Gasteiger partial charge on any atom is -0.493 e. The van der Waals surface area contributed by atoms with Crippen LogP contribution in [0.2, 0.25) is 0 Å². The Bertz CT molecular complexity index is 1040. The SMILES string of the molecule is CCOc1ccc(NC(=O)[C@H](CCS(C)(=O)=O)NC(=O)c2cccc(C)c2)cc1OC. The van der Waals surface area contributed by atoms with Crippen LogP contribution in [-0.4, -0.2) is 52.0 Å². The van der Waals surface area contributed by atoms with E-state index in [1.165, 1.54) is 7.11 Å². The maximum Gasteiger partial charge on any atom is 0.251 e. The van der Waals surface area contributed by atoms with Gasteiger partial charge in [-0.2, -0.15) is 0 Å². The van der Waals surface area contributed by atoms with Crippen molar-refractivity contribution in [2.24, 2.45) is 0 Å². The topological polar surface area (TPSA) is 111 Å². The molecule has 0 radical (unpaired) electrons. The third-order valence-corrected chi connectivity index (χ3v) is 5.39. The summed E-state index contributed by atoms with van der Waals surface area (Å²) >= 11 is 0. The number of ether oxygens (including phenoxy) is 2. The van der Waals surface area contributed by atoms with E-state index >= 15 is 0 Å². The van der Waals surface area contributed by atoms with Gasteiger partial charge in [0.2, 0.25) is 5.91 Å². The Balaban J connectivity index is 2.20. The second-order valence-corrected chi connectivity index (χ2v) is 9.36. The molecule has 0 fully saturated rings. The Morgan fingerprint density at radius 2 is 1.84 bits per heavy atom. The Labute approximate surface area is 182 Å². The first-order valence-corrected chi connectivity index (χ1v) is 11.9. The predicted octanol–water partition coefficient (Wildman–Crippen LogP) is 2.57. The number of nitrogens with one attached hydrogen (secondary N) is 2. The van der Waals surface area contributed by atoms with Crippen molar-refractivity contribution in [1.29, 1.82) is 0 Å². The summed E-state index contributed by atoms with van der Waals surface area (Å²) in [6.07, 6.45) is 1.03. The lowest BCUT2D eigenvalue weighted by atomic mass is 10.1. The summed E-state index contributed by atoms with van der Waals surface area (Å²) in [7, 11) is -1.84. The number of anilines is 1. The summed E-state index contributed by atoms with van der Waals surface area (Å²) in [5.41, 5.74) is 1.71. The average molecular weight is 449 g/mol. The third kappa shape index (κ3) is 7.60. The molecular formula is C22H28N2O6S. The molecule has 0 aliphatic rings. The number of methoxy groups -OCH3 is 1. The van der Waals surface area contributed by atoms with Crippen molar-refractivity contribution in [1.82, 2.24) is 5.32 Å². The zero-order valence-corrected chi connectivity index (χ0v) is 18.9. The Kier molecular flexibility index (Phi) is 8.44. The first-order valence-electron chi connectivity index (χ1n) is 9.80. The second-order valence-electron chi connectivity index (χ2n) is 7.10. The lowest BCUT2D eigenvalue weighted by Gasteiger charge is -2.19. The lowest BCUT2D eigenvalue weighted by Crippen LogP contribution is -2.44. The van der Waals surface area contributed by atoms with Gasteiger partial charge < -0.3 is 20.1 Å². The molecule has 0 aliphatic heterocycles. The highest BCUT2D eigenvalue weighted by Gasteiger charge is 2.23. The van der Waals surface area contributed by atoms with E-state index in [1.54, 1.807) is 36.4 Å². The Hall–Kier alpha value is -3.07. The number of hydrogen-bond acceptors (Lipinski definition) is 6. The maximum atomic E-state index is 12.9. The van der Waals surface area contributed by atoms with Gasteiger partial charge in [-0.05, 0) is 44.5 Å². The monoisotopic (exact) mass is 448 g/mol. The summed E-state index contributed by atoms with van der Waals surface area (Å²) in [6, 6.07) is 10.8. The van der Waals surface area contributed by atoms with Crippen molar-refractivity contribution in [2.45, 2.75) is 26.3 Å². The highest BCUT2D eigenvalue weighted by molar-refractivity contribution is 7.90. The standard InChI is InChI=1S/C22H28N2O6S/c1-5-30-19-10-9-17(14-20(19)29-3)23-22(26)18(11-12-31(4,27)28)24-21(25)16-8-6-7-15(2)13-16/h6-10,13-14,18H,5,11-12H2,1-4H3,(H,23,26)(H,24,25)/t18-/m0/s1. The summed E-state index contributed by atoms with van der Waals surface area (Å²) < 4.78 is 34.0. The van der Waals surface area contributed by atoms with Crippen LogP contribution in [0.25, 0.3) is 0 Å². The van der Waals surface area contributed by atoms with Crippen LogP contribution in [-0.2, 0) is 14.6 Å². The van der Waals surface area contributed by atoms with E-state index in [-0.39, 0.29) is 12.2 Å². The molecule has 8 nitrogen and oxygen atoms in total. The molecule has 9 heteroatoms. The van der Waals surface area contributed by atoms with Gasteiger partial charge in [-0.1, -0.05) is 17.7 Å². The minimum atomic E-state index is -3.32. The molecule has 0 saturated heterocycles. The van der Waals surface area contributed by atoms with Gasteiger partial charge in [-0.15, -0.1) is 0 Å². The second kappa shape index (κ2) is 10.8. The molecule has 2 aromatic rings. The molecule has 0 heterocycles. The van der Waals surface area contributed by atoms with Crippen molar-refractivity contribution in [3.63, 3.8) is 0 Å². The van der Waals surface area contributed by atoms with E-state index in [0.29, 0.717) is 29.4 Å². The van der Waals surface area contributed by atoms with Crippen LogP contribution in [0.1, 0.15) is 29.3 Å². The maximum absolute atomic E-state index is 12.9. The zero-order chi connectivity index (χ0) is 23.0. The molecule has 2 rings (SSSR count). The molecule has 0 saturated carbocycles. The van der Waals surface area contributed by atoms with Crippen LogP contribution in [0.15, 0.2) is 42.5 Å². The molecule has 1 atom stereocenters. The number of sulfone groups is 1. The zero-order valence-electron chi connectivity index (χ0n) is 18.1. The van der Waals surface area contributed by atoms with Crippen molar-refractivity contribution < 1.29 is 27.5 Å². The highest BCUT2D eigenvalue weighted by Crippen LogP contribution is 2.30.